The van der Waals surface area contributed by atoms with Crippen LogP contribution >= 0.6 is 0 Å². The summed E-state index contributed by atoms with van der Waals surface area (Å²) in [5, 5.41) is 11.3. The summed E-state index contributed by atoms with van der Waals surface area (Å²) in [6.07, 6.45) is 0. The van der Waals surface area contributed by atoms with Crippen LogP contribution in [0.15, 0.2) is 101 Å². The molecule has 0 fully saturated rings. The molecule has 0 radical (unpaired) electrons. The van der Waals surface area contributed by atoms with Gasteiger partial charge in [-0.2, -0.15) is 0 Å². The molecule has 6 rings (SSSR count). The SMILES string of the molecule is CC(C)(C)c1ccc(-c2nnc(-c3ccccc3-n3c4ccccc4c4ccccc43)o2)cc1. The summed E-state index contributed by atoms with van der Waals surface area (Å²) >= 11 is 0. The Labute approximate surface area is 198 Å². The van der Waals surface area contributed by atoms with Crippen molar-refractivity contribution >= 4 is 21.8 Å². The van der Waals surface area contributed by atoms with Crippen LogP contribution in [0.3, 0.4) is 0 Å². The van der Waals surface area contributed by atoms with Crippen LogP contribution in [0.2, 0.25) is 0 Å². The molecule has 4 aromatic carbocycles. The Kier molecular flexibility index (Phi) is 4.63. The molecule has 0 aliphatic heterocycles. The highest BCUT2D eigenvalue weighted by atomic mass is 16.4. The number of nitrogens with zero attached hydrogens (tertiary/aromatic N) is 3. The lowest BCUT2D eigenvalue weighted by Crippen LogP contribution is -2.10. The van der Waals surface area contributed by atoms with Gasteiger partial charge in [-0.05, 0) is 47.4 Å². The molecular weight excluding hydrogens is 418 g/mol. The van der Waals surface area contributed by atoms with Gasteiger partial charge in [0.25, 0.3) is 0 Å². The zero-order valence-corrected chi connectivity index (χ0v) is 19.5. The zero-order chi connectivity index (χ0) is 23.3. The molecular formula is C30H25N3O. The molecule has 0 spiro atoms. The van der Waals surface area contributed by atoms with Crippen molar-refractivity contribution in [3.8, 4) is 28.6 Å². The summed E-state index contributed by atoms with van der Waals surface area (Å²) in [4.78, 5) is 0. The van der Waals surface area contributed by atoms with Gasteiger partial charge in [0, 0.05) is 16.3 Å². The molecule has 0 N–H and O–H groups in total. The van der Waals surface area contributed by atoms with Crippen molar-refractivity contribution in [2.45, 2.75) is 26.2 Å². The van der Waals surface area contributed by atoms with Crippen LogP contribution in [-0.2, 0) is 5.41 Å². The van der Waals surface area contributed by atoms with Crippen molar-refractivity contribution in [1.29, 1.82) is 0 Å². The molecule has 0 aliphatic carbocycles. The van der Waals surface area contributed by atoms with E-state index in [-0.39, 0.29) is 5.41 Å². The second kappa shape index (κ2) is 7.70. The topological polar surface area (TPSA) is 43.9 Å². The van der Waals surface area contributed by atoms with Gasteiger partial charge in [0.2, 0.25) is 11.8 Å². The molecule has 0 amide bonds. The largest absolute Gasteiger partial charge is 0.416 e. The van der Waals surface area contributed by atoms with Gasteiger partial charge in [0.15, 0.2) is 0 Å². The average Bonchev–Trinajstić information content (AvgIpc) is 3.47. The van der Waals surface area contributed by atoms with E-state index in [0.29, 0.717) is 11.8 Å². The molecule has 34 heavy (non-hydrogen) atoms. The number of fused-ring (bicyclic) bond motifs is 3. The summed E-state index contributed by atoms with van der Waals surface area (Å²) in [7, 11) is 0. The Morgan fingerprint density at radius 3 is 1.82 bits per heavy atom. The number of aromatic nitrogens is 3. The van der Waals surface area contributed by atoms with Crippen molar-refractivity contribution in [2.75, 3.05) is 0 Å². The Morgan fingerprint density at radius 1 is 0.618 bits per heavy atom. The Morgan fingerprint density at radius 2 is 1.18 bits per heavy atom. The van der Waals surface area contributed by atoms with Gasteiger partial charge in [-0.1, -0.05) is 81.4 Å². The maximum absolute atomic E-state index is 6.21. The van der Waals surface area contributed by atoms with E-state index in [2.05, 4.69) is 114 Å². The Bertz CT molecular complexity index is 1580. The van der Waals surface area contributed by atoms with Gasteiger partial charge in [-0.3, -0.25) is 0 Å². The summed E-state index contributed by atoms with van der Waals surface area (Å²) in [5.41, 5.74) is 6.49. The lowest BCUT2D eigenvalue weighted by Gasteiger charge is -2.18. The van der Waals surface area contributed by atoms with Gasteiger partial charge in [-0.25, -0.2) is 0 Å². The third kappa shape index (κ3) is 3.30. The Hall–Kier alpha value is -4.18. The number of rotatable bonds is 3. The minimum Gasteiger partial charge on any atom is -0.416 e. The number of hydrogen-bond donors (Lipinski definition) is 0. The minimum atomic E-state index is 0.0970. The van der Waals surface area contributed by atoms with Crippen molar-refractivity contribution in [1.82, 2.24) is 14.8 Å². The van der Waals surface area contributed by atoms with Gasteiger partial charge in [0.1, 0.15) is 0 Å². The molecule has 0 saturated carbocycles. The van der Waals surface area contributed by atoms with E-state index < -0.39 is 0 Å². The first-order chi connectivity index (χ1) is 16.5. The van der Waals surface area contributed by atoms with Crippen LogP contribution in [0.25, 0.3) is 50.4 Å². The Balaban J connectivity index is 1.49. The van der Waals surface area contributed by atoms with Crippen molar-refractivity contribution in [3.05, 3.63) is 103 Å². The fourth-order valence-corrected chi connectivity index (χ4v) is 4.59. The van der Waals surface area contributed by atoms with Gasteiger partial charge in [-0.15, -0.1) is 10.2 Å². The highest BCUT2D eigenvalue weighted by Crippen LogP contribution is 2.36. The third-order valence-electron chi connectivity index (χ3n) is 6.38. The second-order valence-electron chi connectivity index (χ2n) is 9.63. The van der Waals surface area contributed by atoms with Crippen LogP contribution in [0.5, 0.6) is 0 Å². The molecule has 0 aliphatic rings. The number of benzene rings is 4. The average molecular weight is 444 g/mol. The molecule has 4 heteroatoms. The molecule has 0 unspecified atom stereocenters. The predicted octanol–water partition coefficient (Wildman–Crippen LogP) is 7.80. The predicted molar refractivity (Wildman–Crippen MR) is 138 cm³/mol. The van der Waals surface area contributed by atoms with Crippen LogP contribution in [0, 0.1) is 0 Å². The van der Waals surface area contributed by atoms with Gasteiger partial charge >= 0.3 is 0 Å². The second-order valence-corrected chi connectivity index (χ2v) is 9.63. The molecule has 6 aromatic rings. The maximum Gasteiger partial charge on any atom is 0.250 e. The lowest BCUT2D eigenvalue weighted by atomic mass is 9.87. The monoisotopic (exact) mass is 443 g/mol. The lowest BCUT2D eigenvalue weighted by molar-refractivity contribution is 0.581. The van der Waals surface area contributed by atoms with Gasteiger partial charge in [0.05, 0.1) is 22.3 Å². The first kappa shape index (κ1) is 20.4. The zero-order valence-electron chi connectivity index (χ0n) is 19.5. The molecule has 2 aromatic heterocycles. The van der Waals surface area contributed by atoms with Crippen molar-refractivity contribution in [3.63, 3.8) is 0 Å². The first-order valence-electron chi connectivity index (χ1n) is 11.5. The van der Waals surface area contributed by atoms with E-state index in [4.69, 9.17) is 4.42 Å². The van der Waals surface area contributed by atoms with E-state index >= 15 is 0 Å². The maximum atomic E-state index is 6.21. The third-order valence-corrected chi connectivity index (χ3v) is 6.38. The van der Waals surface area contributed by atoms with Crippen molar-refractivity contribution < 1.29 is 4.42 Å². The van der Waals surface area contributed by atoms with Crippen LogP contribution in [0.4, 0.5) is 0 Å². The van der Waals surface area contributed by atoms with Crippen LogP contribution in [-0.4, -0.2) is 14.8 Å². The fourth-order valence-electron chi connectivity index (χ4n) is 4.59. The number of hydrogen-bond acceptors (Lipinski definition) is 3. The summed E-state index contributed by atoms with van der Waals surface area (Å²) in [5.74, 6) is 1.03. The summed E-state index contributed by atoms with van der Waals surface area (Å²) in [6, 6.07) is 33.5. The van der Waals surface area contributed by atoms with Crippen molar-refractivity contribution in [2.24, 2.45) is 0 Å². The molecule has 2 heterocycles. The molecule has 166 valence electrons. The molecule has 0 bridgehead atoms. The number of para-hydroxylation sites is 3. The van der Waals surface area contributed by atoms with E-state index in [9.17, 15) is 0 Å². The van der Waals surface area contributed by atoms with E-state index in [0.717, 1.165) is 27.8 Å². The summed E-state index contributed by atoms with van der Waals surface area (Å²) < 4.78 is 8.49. The van der Waals surface area contributed by atoms with E-state index in [1.54, 1.807) is 0 Å². The minimum absolute atomic E-state index is 0.0970. The quantitative estimate of drug-likeness (QED) is 0.280. The fraction of sp³-hybridized carbons (Fsp3) is 0.133. The molecule has 4 nitrogen and oxygen atoms in total. The first-order valence-corrected chi connectivity index (χ1v) is 11.5. The molecule has 0 saturated heterocycles. The van der Waals surface area contributed by atoms with E-state index in [1.807, 2.05) is 18.2 Å². The molecule has 0 atom stereocenters. The van der Waals surface area contributed by atoms with Crippen LogP contribution < -0.4 is 0 Å². The standard InChI is InChI=1S/C30H25N3O/c1-30(2,3)21-18-16-20(17-19-21)28-31-32-29(34-28)24-12-6-9-15-27(24)33-25-13-7-4-10-22(25)23-11-5-8-14-26(23)33/h4-19H,1-3H3. The normalized spacial score (nSPS) is 12.0. The highest BCUT2D eigenvalue weighted by molar-refractivity contribution is 6.09. The highest BCUT2D eigenvalue weighted by Gasteiger charge is 2.19. The summed E-state index contributed by atoms with van der Waals surface area (Å²) in [6.45, 7) is 6.62. The smallest absolute Gasteiger partial charge is 0.250 e. The van der Waals surface area contributed by atoms with E-state index in [1.165, 1.54) is 16.3 Å². The van der Waals surface area contributed by atoms with Crippen LogP contribution in [0.1, 0.15) is 26.3 Å². The van der Waals surface area contributed by atoms with Gasteiger partial charge < -0.3 is 8.98 Å².